The molecule has 2 atom stereocenters. The van der Waals surface area contributed by atoms with Gasteiger partial charge in [-0.1, -0.05) is 0 Å². The van der Waals surface area contributed by atoms with Gasteiger partial charge < -0.3 is 9.47 Å². The molecule has 0 aromatic heterocycles. The van der Waals surface area contributed by atoms with Crippen LogP contribution in [-0.4, -0.2) is 25.9 Å². The summed E-state index contributed by atoms with van der Waals surface area (Å²) >= 11 is 0. The molecule has 0 radical (unpaired) electrons. The highest BCUT2D eigenvalue weighted by Crippen LogP contribution is 2.27. The fraction of sp³-hybridized carbons (Fsp3) is 1.00. The maximum absolute atomic E-state index is 5.23. The van der Waals surface area contributed by atoms with Crippen molar-refractivity contribution in [3.63, 3.8) is 0 Å². The summed E-state index contributed by atoms with van der Waals surface area (Å²) in [7, 11) is 1.73. The quantitative estimate of drug-likeness (QED) is 0.543. The van der Waals surface area contributed by atoms with E-state index in [9.17, 15) is 0 Å². The molecule has 1 fully saturated rings. The molecule has 1 saturated carbocycles. The predicted octanol–water partition coefficient (Wildman–Crippen LogP) is 0.810. The molecule has 0 aromatic rings. The van der Waals surface area contributed by atoms with Crippen LogP contribution in [0.5, 0.6) is 0 Å². The maximum atomic E-state index is 5.23. The fourth-order valence-corrected chi connectivity index (χ4v) is 0.788. The molecule has 1 aliphatic carbocycles. The van der Waals surface area contributed by atoms with Crippen LogP contribution in [0.15, 0.2) is 0 Å². The van der Waals surface area contributed by atoms with E-state index in [1.54, 1.807) is 7.11 Å². The van der Waals surface area contributed by atoms with Gasteiger partial charge in [0.15, 0.2) is 0 Å². The zero-order chi connectivity index (χ0) is 5.98. The van der Waals surface area contributed by atoms with Crippen LogP contribution in [0.25, 0.3) is 0 Å². The Balaban J connectivity index is 1.99. The Kier molecular flexibility index (Phi) is 1.86. The first-order chi connectivity index (χ1) is 3.88. The van der Waals surface area contributed by atoms with Crippen molar-refractivity contribution >= 4 is 0 Å². The molecule has 2 unspecified atom stereocenters. The number of rotatable bonds is 3. The van der Waals surface area contributed by atoms with Gasteiger partial charge in [0.25, 0.3) is 0 Å². The van der Waals surface area contributed by atoms with Crippen molar-refractivity contribution in [3.05, 3.63) is 0 Å². The number of hydrogen-bond acceptors (Lipinski definition) is 2. The Morgan fingerprint density at radius 1 is 1.50 bits per heavy atom. The Morgan fingerprint density at radius 3 is 2.62 bits per heavy atom. The van der Waals surface area contributed by atoms with Gasteiger partial charge in [-0.3, -0.25) is 0 Å². The molecule has 0 aliphatic heterocycles. The van der Waals surface area contributed by atoms with Gasteiger partial charge in [-0.2, -0.15) is 0 Å². The second kappa shape index (κ2) is 2.46. The summed E-state index contributed by atoms with van der Waals surface area (Å²) in [6.07, 6.45) is 1.89. The van der Waals surface area contributed by atoms with Crippen LogP contribution in [0.1, 0.15) is 13.3 Å². The van der Waals surface area contributed by atoms with Crippen molar-refractivity contribution in [2.75, 3.05) is 13.7 Å². The molecule has 1 rings (SSSR count). The summed E-state index contributed by atoms with van der Waals surface area (Å²) in [4.78, 5) is 0. The molecular formula is C6H12O2. The highest BCUT2D eigenvalue weighted by atomic mass is 16.6. The molecule has 1 aliphatic rings. The van der Waals surface area contributed by atoms with Gasteiger partial charge in [-0.25, -0.2) is 0 Å². The minimum Gasteiger partial charge on any atom is -0.379 e. The molecule has 0 bridgehead atoms. The summed E-state index contributed by atoms with van der Waals surface area (Å²) in [5, 5.41) is 0. The van der Waals surface area contributed by atoms with Crippen LogP contribution in [-0.2, 0) is 9.47 Å². The zero-order valence-electron chi connectivity index (χ0n) is 5.39. The minimum atomic E-state index is 0.398. The number of ether oxygens (including phenoxy) is 2. The lowest BCUT2D eigenvalue weighted by Gasteiger charge is -1.95. The van der Waals surface area contributed by atoms with E-state index in [2.05, 4.69) is 0 Å². The molecule has 8 heavy (non-hydrogen) atoms. The smallest absolute Gasteiger partial charge is 0.0863 e. The Bertz CT molecular complexity index is 72.9. The van der Waals surface area contributed by atoms with Crippen molar-refractivity contribution < 1.29 is 9.47 Å². The van der Waals surface area contributed by atoms with Gasteiger partial charge in [0, 0.05) is 20.1 Å². The van der Waals surface area contributed by atoms with Crippen LogP contribution in [0, 0.1) is 0 Å². The average Bonchev–Trinajstić information content (AvgIpc) is 2.48. The van der Waals surface area contributed by atoms with Crippen LogP contribution >= 0.6 is 0 Å². The van der Waals surface area contributed by atoms with Crippen LogP contribution < -0.4 is 0 Å². The second-order valence-corrected chi connectivity index (χ2v) is 2.00. The molecule has 2 nitrogen and oxygen atoms in total. The molecular weight excluding hydrogens is 104 g/mol. The fourth-order valence-electron chi connectivity index (χ4n) is 0.788. The highest BCUT2D eigenvalue weighted by molar-refractivity contribution is 4.88. The number of hydrogen-bond donors (Lipinski definition) is 0. The van der Waals surface area contributed by atoms with E-state index >= 15 is 0 Å². The molecule has 2 heteroatoms. The van der Waals surface area contributed by atoms with Crippen LogP contribution in [0.4, 0.5) is 0 Å². The maximum Gasteiger partial charge on any atom is 0.0863 e. The summed E-state index contributed by atoms with van der Waals surface area (Å²) in [6, 6.07) is 0. The number of methoxy groups -OCH3 is 1. The lowest BCUT2D eigenvalue weighted by molar-refractivity contribution is 0.0719. The van der Waals surface area contributed by atoms with Gasteiger partial charge in [0.1, 0.15) is 0 Å². The van der Waals surface area contributed by atoms with Crippen molar-refractivity contribution in [2.45, 2.75) is 25.6 Å². The normalized spacial score (nSPS) is 35.2. The van der Waals surface area contributed by atoms with Crippen molar-refractivity contribution in [2.24, 2.45) is 0 Å². The second-order valence-electron chi connectivity index (χ2n) is 2.00. The van der Waals surface area contributed by atoms with Crippen molar-refractivity contribution in [3.8, 4) is 0 Å². The van der Waals surface area contributed by atoms with E-state index in [0.29, 0.717) is 12.2 Å². The topological polar surface area (TPSA) is 18.5 Å². The van der Waals surface area contributed by atoms with Gasteiger partial charge >= 0.3 is 0 Å². The molecule has 0 amide bonds. The zero-order valence-corrected chi connectivity index (χ0v) is 5.39. The standard InChI is InChI=1S/C6H12O2/c1-3-8-6-4-5(6)7-2/h5-6H,3-4H2,1-2H3. The SMILES string of the molecule is CCOC1CC1OC. The summed E-state index contributed by atoms with van der Waals surface area (Å²) < 4.78 is 10.2. The Labute approximate surface area is 49.8 Å². The van der Waals surface area contributed by atoms with Crippen molar-refractivity contribution in [1.29, 1.82) is 0 Å². The largest absolute Gasteiger partial charge is 0.379 e. The first kappa shape index (κ1) is 6.05. The summed E-state index contributed by atoms with van der Waals surface area (Å²) in [5.41, 5.74) is 0. The first-order valence-electron chi connectivity index (χ1n) is 3.03. The van der Waals surface area contributed by atoms with Crippen LogP contribution in [0.3, 0.4) is 0 Å². The van der Waals surface area contributed by atoms with Crippen molar-refractivity contribution in [1.82, 2.24) is 0 Å². The molecule has 0 heterocycles. The van der Waals surface area contributed by atoms with Gasteiger partial charge in [-0.05, 0) is 6.92 Å². The highest BCUT2D eigenvalue weighted by Gasteiger charge is 2.37. The minimum absolute atomic E-state index is 0.398. The lowest BCUT2D eigenvalue weighted by Crippen LogP contribution is -2.00. The van der Waals surface area contributed by atoms with E-state index in [1.807, 2.05) is 6.92 Å². The van der Waals surface area contributed by atoms with Crippen LogP contribution in [0.2, 0.25) is 0 Å². The van der Waals surface area contributed by atoms with Gasteiger partial charge in [0.05, 0.1) is 12.2 Å². The summed E-state index contributed by atoms with van der Waals surface area (Å²) in [6.45, 7) is 2.82. The third-order valence-electron chi connectivity index (χ3n) is 1.36. The summed E-state index contributed by atoms with van der Waals surface area (Å²) in [5.74, 6) is 0. The third-order valence-corrected chi connectivity index (χ3v) is 1.36. The van der Waals surface area contributed by atoms with Gasteiger partial charge in [0.2, 0.25) is 0 Å². The Hall–Kier alpha value is -0.0800. The first-order valence-corrected chi connectivity index (χ1v) is 3.03. The third kappa shape index (κ3) is 1.20. The van der Waals surface area contributed by atoms with E-state index in [-0.39, 0.29) is 0 Å². The molecule has 0 N–H and O–H groups in total. The monoisotopic (exact) mass is 116 g/mol. The van der Waals surface area contributed by atoms with Gasteiger partial charge in [-0.15, -0.1) is 0 Å². The molecule has 0 spiro atoms. The van der Waals surface area contributed by atoms with E-state index in [0.717, 1.165) is 13.0 Å². The predicted molar refractivity (Wildman–Crippen MR) is 30.8 cm³/mol. The molecule has 48 valence electrons. The molecule has 0 saturated heterocycles. The van der Waals surface area contributed by atoms with E-state index < -0.39 is 0 Å². The van der Waals surface area contributed by atoms with E-state index in [4.69, 9.17) is 9.47 Å². The van der Waals surface area contributed by atoms with E-state index in [1.165, 1.54) is 0 Å². The molecule has 0 aromatic carbocycles. The Morgan fingerprint density at radius 2 is 2.25 bits per heavy atom. The lowest BCUT2D eigenvalue weighted by atomic mass is 10.7. The average molecular weight is 116 g/mol.